The van der Waals surface area contributed by atoms with Crippen molar-refractivity contribution in [1.82, 2.24) is 24.5 Å². The molecule has 0 radical (unpaired) electrons. The molecule has 10 nitrogen and oxygen atoms in total. The summed E-state index contributed by atoms with van der Waals surface area (Å²) in [5.74, 6) is 1.15. The molecule has 0 bridgehead atoms. The summed E-state index contributed by atoms with van der Waals surface area (Å²) in [6.07, 6.45) is 4.09. The zero-order valence-electron chi connectivity index (χ0n) is 20.0. The van der Waals surface area contributed by atoms with Crippen molar-refractivity contribution in [3.05, 3.63) is 45.8 Å². The lowest BCUT2D eigenvalue weighted by atomic mass is 10.1. The first-order valence-electron chi connectivity index (χ1n) is 11.0. The third-order valence-corrected chi connectivity index (χ3v) is 5.86. The summed E-state index contributed by atoms with van der Waals surface area (Å²) < 4.78 is 7.55. The molecule has 4 rings (SSSR count). The van der Waals surface area contributed by atoms with Crippen LogP contribution in [0.5, 0.6) is 5.88 Å². The number of H-pyrrole nitrogens is 1. The number of aryl methyl sites for hydroxylation is 1. The lowest BCUT2D eigenvalue weighted by molar-refractivity contribution is 0.0988. The predicted molar refractivity (Wildman–Crippen MR) is 126 cm³/mol. The number of rotatable bonds is 6. The van der Waals surface area contributed by atoms with Crippen molar-refractivity contribution in [3.63, 3.8) is 0 Å². The smallest absolute Gasteiger partial charge is 0.279 e. The number of hydrogen-bond donors (Lipinski definition) is 1. The summed E-state index contributed by atoms with van der Waals surface area (Å²) in [5.41, 5.74) is 2.66. The zero-order valence-corrected chi connectivity index (χ0v) is 20.0. The van der Waals surface area contributed by atoms with E-state index in [1.165, 1.54) is 4.90 Å². The first-order valence-corrected chi connectivity index (χ1v) is 11.0. The van der Waals surface area contributed by atoms with Gasteiger partial charge in [-0.15, -0.1) is 0 Å². The summed E-state index contributed by atoms with van der Waals surface area (Å²) in [6.45, 7) is 7.96. The zero-order chi connectivity index (χ0) is 24.0. The summed E-state index contributed by atoms with van der Waals surface area (Å²) in [5, 5.41) is 0. The van der Waals surface area contributed by atoms with Gasteiger partial charge in [-0.2, -0.15) is 4.98 Å². The highest BCUT2D eigenvalue weighted by molar-refractivity contribution is 6.09. The number of nitrogens with zero attached hydrogens (tertiary/aromatic N) is 6. The average Bonchev–Trinajstić information content (AvgIpc) is 3.30. The number of carbonyl (C=O) groups is 1. The van der Waals surface area contributed by atoms with Crippen molar-refractivity contribution >= 4 is 17.5 Å². The molecule has 3 aromatic heterocycles. The van der Waals surface area contributed by atoms with E-state index in [9.17, 15) is 9.59 Å². The van der Waals surface area contributed by atoms with E-state index in [0.29, 0.717) is 34.6 Å². The van der Waals surface area contributed by atoms with E-state index < -0.39 is 0 Å². The Labute approximate surface area is 192 Å². The summed E-state index contributed by atoms with van der Waals surface area (Å²) in [7, 11) is 5.24. The van der Waals surface area contributed by atoms with Gasteiger partial charge < -0.3 is 19.2 Å². The van der Waals surface area contributed by atoms with E-state index in [4.69, 9.17) is 9.72 Å². The van der Waals surface area contributed by atoms with Crippen molar-refractivity contribution in [2.24, 2.45) is 0 Å². The van der Waals surface area contributed by atoms with Crippen LogP contribution in [-0.4, -0.2) is 51.6 Å². The number of pyridine rings is 1. The van der Waals surface area contributed by atoms with Gasteiger partial charge in [-0.05, 0) is 38.8 Å². The molecule has 0 saturated carbocycles. The van der Waals surface area contributed by atoms with E-state index in [1.807, 2.05) is 46.4 Å². The van der Waals surface area contributed by atoms with Gasteiger partial charge in [0.15, 0.2) is 5.69 Å². The van der Waals surface area contributed by atoms with Crippen LogP contribution in [0.3, 0.4) is 0 Å². The lowest BCUT2D eigenvalue weighted by Gasteiger charge is -2.25. The number of ether oxygens (including phenoxy) is 1. The Morgan fingerprint density at radius 2 is 1.97 bits per heavy atom. The summed E-state index contributed by atoms with van der Waals surface area (Å²) in [4.78, 5) is 45.8. The van der Waals surface area contributed by atoms with Crippen LogP contribution in [0.2, 0.25) is 0 Å². The van der Waals surface area contributed by atoms with Gasteiger partial charge in [0.1, 0.15) is 11.5 Å². The van der Waals surface area contributed by atoms with Gasteiger partial charge in [0.2, 0.25) is 11.8 Å². The maximum Gasteiger partial charge on any atom is 0.279 e. The fourth-order valence-electron chi connectivity index (χ4n) is 4.22. The molecular formula is C23H29N7O3. The molecule has 0 spiro atoms. The standard InChI is InChI=1S/C23H29N7O3/c1-8-14-9-16(20(31)24-10-14)30-13(4)18-17(22(30)32)26-19(29(18)12(2)3)15-11-25-23(28(5)6)27-21(15)33-7/h9-13H,8H2,1-7H3,(H,24,31). The second-order valence-electron chi connectivity index (χ2n) is 8.55. The van der Waals surface area contributed by atoms with E-state index >= 15 is 0 Å². The van der Waals surface area contributed by atoms with Crippen LogP contribution in [0.4, 0.5) is 11.6 Å². The number of hydrogen-bond acceptors (Lipinski definition) is 7. The highest BCUT2D eigenvalue weighted by atomic mass is 16.5. The quantitative estimate of drug-likeness (QED) is 0.614. The number of methoxy groups -OCH3 is 1. The largest absolute Gasteiger partial charge is 0.480 e. The van der Waals surface area contributed by atoms with Gasteiger partial charge in [0, 0.05) is 32.5 Å². The minimum absolute atomic E-state index is 0.00931. The van der Waals surface area contributed by atoms with E-state index in [1.54, 1.807) is 30.5 Å². The van der Waals surface area contributed by atoms with Gasteiger partial charge in [0.25, 0.3) is 11.5 Å². The first-order chi connectivity index (χ1) is 15.7. The van der Waals surface area contributed by atoms with Gasteiger partial charge >= 0.3 is 0 Å². The van der Waals surface area contributed by atoms with E-state index in [0.717, 1.165) is 17.7 Å². The van der Waals surface area contributed by atoms with Crippen molar-refractivity contribution in [2.75, 3.05) is 31.0 Å². The van der Waals surface area contributed by atoms with Crippen molar-refractivity contribution in [2.45, 2.75) is 46.2 Å². The molecule has 3 aromatic rings. The number of nitrogens with one attached hydrogen (secondary N) is 1. The fraction of sp³-hybridized carbons (Fsp3) is 0.435. The molecule has 1 N–H and O–H groups in total. The second kappa shape index (κ2) is 8.34. The van der Waals surface area contributed by atoms with Crippen LogP contribution >= 0.6 is 0 Å². The predicted octanol–water partition coefficient (Wildman–Crippen LogP) is 2.97. The Balaban J connectivity index is 1.88. The number of amides is 1. The highest BCUT2D eigenvalue weighted by Gasteiger charge is 2.42. The van der Waals surface area contributed by atoms with Crippen molar-refractivity contribution in [3.8, 4) is 17.3 Å². The van der Waals surface area contributed by atoms with Gasteiger partial charge in [-0.3, -0.25) is 14.5 Å². The van der Waals surface area contributed by atoms with Crippen molar-refractivity contribution < 1.29 is 9.53 Å². The van der Waals surface area contributed by atoms with Crippen LogP contribution < -0.4 is 20.1 Å². The third kappa shape index (κ3) is 3.55. The summed E-state index contributed by atoms with van der Waals surface area (Å²) >= 11 is 0. The molecule has 10 heteroatoms. The lowest BCUT2D eigenvalue weighted by Crippen LogP contribution is -2.32. The minimum atomic E-state index is -0.377. The molecule has 1 aliphatic rings. The van der Waals surface area contributed by atoms with Crippen LogP contribution in [0.1, 0.15) is 61.5 Å². The molecule has 1 unspecified atom stereocenters. The molecule has 174 valence electrons. The van der Waals surface area contributed by atoms with Crippen LogP contribution in [-0.2, 0) is 6.42 Å². The monoisotopic (exact) mass is 451 g/mol. The SMILES string of the molecule is CCc1c[nH]c(=O)c(N2C(=O)c3nc(-c4cnc(N(C)C)nc4OC)n(C(C)C)c3C2C)c1. The molecule has 1 atom stereocenters. The molecule has 33 heavy (non-hydrogen) atoms. The average molecular weight is 452 g/mol. The molecule has 0 fully saturated rings. The molecule has 1 aliphatic heterocycles. The number of anilines is 2. The van der Waals surface area contributed by atoms with E-state index in [-0.39, 0.29) is 23.6 Å². The molecule has 1 amide bonds. The second-order valence-corrected chi connectivity index (χ2v) is 8.55. The van der Waals surface area contributed by atoms with Crippen molar-refractivity contribution in [1.29, 1.82) is 0 Å². The Morgan fingerprint density at radius 3 is 2.58 bits per heavy atom. The van der Waals surface area contributed by atoms with Gasteiger partial charge in [-0.1, -0.05) is 6.92 Å². The van der Waals surface area contributed by atoms with Gasteiger partial charge in [0.05, 0.1) is 24.4 Å². The molecule has 4 heterocycles. The Bertz CT molecular complexity index is 1280. The number of imidazole rings is 1. The maximum atomic E-state index is 13.5. The summed E-state index contributed by atoms with van der Waals surface area (Å²) in [6, 6.07) is 1.39. The molecule has 0 aliphatic carbocycles. The van der Waals surface area contributed by atoms with Crippen LogP contribution in [0, 0.1) is 0 Å². The van der Waals surface area contributed by atoms with E-state index in [2.05, 4.69) is 15.0 Å². The third-order valence-electron chi connectivity index (χ3n) is 5.86. The first kappa shape index (κ1) is 22.5. The molecule has 0 saturated heterocycles. The Hall–Kier alpha value is -3.69. The number of aromatic amines is 1. The van der Waals surface area contributed by atoms with Crippen LogP contribution in [0.15, 0.2) is 23.3 Å². The molecule has 0 aromatic carbocycles. The fourth-order valence-corrected chi connectivity index (χ4v) is 4.22. The topological polar surface area (TPSA) is 109 Å². The Morgan fingerprint density at radius 1 is 1.24 bits per heavy atom. The van der Waals surface area contributed by atoms with Crippen LogP contribution in [0.25, 0.3) is 11.4 Å². The normalized spacial score (nSPS) is 15.3. The number of aromatic nitrogens is 5. The number of fused-ring (bicyclic) bond motifs is 1. The number of carbonyl (C=O) groups excluding carboxylic acids is 1. The molecular weight excluding hydrogens is 422 g/mol. The van der Waals surface area contributed by atoms with Gasteiger partial charge in [-0.25, -0.2) is 9.97 Å². The minimum Gasteiger partial charge on any atom is -0.480 e. The Kier molecular flexibility index (Phi) is 5.69. The highest BCUT2D eigenvalue weighted by Crippen LogP contribution is 2.41. The maximum absolute atomic E-state index is 13.5.